The Morgan fingerprint density at radius 2 is 1.94 bits per heavy atom. The molecule has 9 nitrogen and oxygen atoms in total. The monoisotopic (exact) mass is 444 g/mol. The van der Waals surface area contributed by atoms with Crippen LogP contribution in [0.3, 0.4) is 0 Å². The van der Waals surface area contributed by atoms with E-state index in [0.717, 1.165) is 11.3 Å². The summed E-state index contributed by atoms with van der Waals surface area (Å²) in [5.74, 6) is 1.38. The highest BCUT2D eigenvalue weighted by Crippen LogP contribution is 2.23. The summed E-state index contributed by atoms with van der Waals surface area (Å²) >= 11 is 0. The number of hydrogen-bond acceptors (Lipinski definition) is 7. The van der Waals surface area contributed by atoms with Crippen molar-refractivity contribution in [3.63, 3.8) is 0 Å². The van der Waals surface area contributed by atoms with Gasteiger partial charge in [-0.05, 0) is 48.9 Å². The number of rotatable bonds is 8. The Bertz CT molecular complexity index is 1160. The fourth-order valence-electron chi connectivity index (χ4n) is 2.99. The summed E-state index contributed by atoms with van der Waals surface area (Å²) in [6.45, 7) is 1.81. The van der Waals surface area contributed by atoms with E-state index in [9.17, 15) is 13.2 Å². The largest absolute Gasteiger partial charge is 0.497 e. The van der Waals surface area contributed by atoms with Crippen LogP contribution in [0.1, 0.15) is 30.8 Å². The molecular weight excluding hydrogens is 420 g/mol. The lowest BCUT2D eigenvalue weighted by molar-refractivity contribution is -0.131. The van der Waals surface area contributed by atoms with Crippen LogP contribution >= 0.6 is 0 Å². The van der Waals surface area contributed by atoms with Gasteiger partial charge in [-0.3, -0.25) is 4.79 Å². The van der Waals surface area contributed by atoms with Crippen molar-refractivity contribution in [3.05, 3.63) is 60.0 Å². The van der Waals surface area contributed by atoms with Gasteiger partial charge in [-0.25, -0.2) is 13.6 Å². The first-order valence-corrected chi connectivity index (χ1v) is 11.1. The first kappa shape index (κ1) is 22.4. The SMILES string of the molecule is COc1ccc(-c2noc(CCC(=O)N(C)C(C)c3cccc(S(N)(=O)=O)c3)n2)cc1. The molecule has 2 aromatic carbocycles. The average molecular weight is 445 g/mol. The highest BCUT2D eigenvalue weighted by molar-refractivity contribution is 7.89. The molecule has 0 saturated heterocycles. The van der Waals surface area contributed by atoms with Crippen molar-refractivity contribution in [2.45, 2.75) is 30.7 Å². The van der Waals surface area contributed by atoms with Crippen LogP contribution < -0.4 is 9.88 Å². The Morgan fingerprint density at radius 3 is 2.58 bits per heavy atom. The minimum absolute atomic E-state index is 0.00891. The van der Waals surface area contributed by atoms with Gasteiger partial charge >= 0.3 is 0 Å². The highest BCUT2D eigenvalue weighted by atomic mass is 32.2. The van der Waals surface area contributed by atoms with Gasteiger partial charge in [-0.1, -0.05) is 17.3 Å². The van der Waals surface area contributed by atoms with Gasteiger partial charge in [-0.15, -0.1) is 0 Å². The van der Waals surface area contributed by atoms with E-state index in [-0.39, 0.29) is 29.7 Å². The van der Waals surface area contributed by atoms with Gasteiger partial charge in [-0.2, -0.15) is 4.98 Å². The molecule has 3 aromatic rings. The topological polar surface area (TPSA) is 129 Å². The predicted octanol–water partition coefficient (Wildman–Crippen LogP) is 2.54. The van der Waals surface area contributed by atoms with E-state index in [0.29, 0.717) is 17.3 Å². The average Bonchev–Trinajstić information content (AvgIpc) is 3.25. The van der Waals surface area contributed by atoms with Crippen LogP contribution in [0.25, 0.3) is 11.4 Å². The van der Waals surface area contributed by atoms with Crippen molar-refractivity contribution < 1.29 is 22.5 Å². The van der Waals surface area contributed by atoms with Gasteiger partial charge in [0.2, 0.25) is 27.6 Å². The van der Waals surface area contributed by atoms with Crippen molar-refractivity contribution in [2.75, 3.05) is 14.2 Å². The second-order valence-corrected chi connectivity index (χ2v) is 8.60. The maximum Gasteiger partial charge on any atom is 0.238 e. The Kier molecular flexibility index (Phi) is 6.71. The predicted molar refractivity (Wildman–Crippen MR) is 114 cm³/mol. The van der Waals surface area contributed by atoms with Gasteiger partial charge in [0.1, 0.15) is 5.75 Å². The molecule has 1 atom stereocenters. The van der Waals surface area contributed by atoms with Crippen LogP contribution in [-0.4, -0.2) is 43.5 Å². The van der Waals surface area contributed by atoms with Crippen LogP contribution in [0.5, 0.6) is 5.75 Å². The number of sulfonamides is 1. The first-order valence-electron chi connectivity index (χ1n) is 9.54. The van der Waals surface area contributed by atoms with Crippen LogP contribution in [0.4, 0.5) is 0 Å². The zero-order valence-corrected chi connectivity index (χ0v) is 18.3. The second kappa shape index (κ2) is 9.27. The van der Waals surface area contributed by atoms with E-state index in [1.165, 1.54) is 12.1 Å². The molecule has 0 saturated carbocycles. The third kappa shape index (κ3) is 5.47. The third-order valence-electron chi connectivity index (χ3n) is 5.01. The van der Waals surface area contributed by atoms with E-state index in [1.807, 2.05) is 19.1 Å². The zero-order valence-electron chi connectivity index (χ0n) is 17.5. The Labute approximate surface area is 180 Å². The summed E-state index contributed by atoms with van der Waals surface area (Å²) in [6, 6.07) is 13.2. The maximum absolute atomic E-state index is 12.6. The van der Waals surface area contributed by atoms with Crippen LogP contribution in [0, 0.1) is 0 Å². The molecule has 2 N–H and O–H groups in total. The van der Waals surface area contributed by atoms with Gasteiger partial charge in [0.05, 0.1) is 18.0 Å². The molecule has 1 heterocycles. The molecule has 0 fully saturated rings. The molecule has 0 bridgehead atoms. The normalized spacial score (nSPS) is 12.4. The van der Waals surface area contributed by atoms with Crippen molar-refractivity contribution in [3.8, 4) is 17.1 Å². The van der Waals surface area contributed by atoms with Gasteiger partial charge in [0.25, 0.3) is 0 Å². The fraction of sp³-hybridized carbons (Fsp3) is 0.286. The fourth-order valence-corrected chi connectivity index (χ4v) is 3.56. The lowest BCUT2D eigenvalue weighted by atomic mass is 10.1. The summed E-state index contributed by atoms with van der Waals surface area (Å²) in [5.41, 5.74) is 1.45. The number of aromatic nitrogens is 2. The van der Waals surface area contributed by atoms with E-state index < -0.39 is 10.0 Å². The van der Waals surface area contributed by atoms with E-state index in [4.69, 9.17) is 14.4 Å². The van der Waals surface area contributed by atoms with E-state index in [1.54, 1.807) is 43.3 Å². The Hall–Kier alpha value is -3.24. The van der Waals surface area contributed by atoms with E-state index >= 15 is 0 Å². The zero-order chi connectivity index (χ0) is 22.6. The van der Waals surface area contributed by atoms with Gasteiger partial charge in [0, 0.05) is 25.5 Å². The summed E-state index contributed by atoms with van der Waals surface area (Å²) in [4.78, 5) is 18.5. The van der Waals surface area contributed by atoms with Crippen molar-refractivity contribution in [2.24, 2.45) is 5.14 Å². The number of nitrogens with two attached hydrogens (primary N) is 1. The lowest BCUT2D eigenvalue weighted by Crippen LogP contribution is -2.30. The Balaban J connectivity index is 1.62. The molecule has 0 aliphatic rings. The quantitative estimate of drug-likeness (QED) is 0.565. The summed E-state index contributed by atoms with van der Waals surface area (Å²) in [5, 5.41) is 9.15. The molecule has 0 aliphatic heterocycles. The number of carbonyl (C=O) groups excluding carboxylic acids is 1. The standard InChI is InChI=1S/C21H24N4O5S/c1-14(16-5-4-6-18(13-16)31(22,27)28)25(2)20(26)12-11-19-23-21(24-30-19)15-7-9-17(29-3)10-8-15/h4-10,13-14H,11-12H2,1-3H3,(H2,22,27,28). The molecule has 1 unspecified atom stereocenters. The van der Waals surface area contributed by atoms with E-state index in [2.05, 4.69) is 10.1 Å². The number of benzene rings is 2. The third-order valence-corrected chi connectivity index (χ3v) is 5.92. The molecule has 3 rings (SSSR count). The number of nitrogens with zero attached hydrogens (tertiary/aromatic N) is 3. The molecular formula is C21H24N4O5S. The van der Waals surface area contributed by atoms with Crippen LogP contribution in [-0.2, 0) is 21.2 Å². The second-order valence-electron chi connectivity index (χ2n) is 7.04. The van der Waals surface area contributed by atoms with Crippen molar-refractivity contribution in [1.82, 2.24) is 15.0 Å². The molecule has 1 aromatic heterocycles. The molecule has 31 heavy (non-hydrogen) atoms. The highest BCUT2D eigenvalue weighted by Gasteiger charge is 2.20. The maximum atomic E-state index is 12.6. The number of aryl methyl sites for hydroxylation is 1. The first-order chi connectivity index (χ1) is 14.7. The molecule has 10 heteroatoms. The van der Waals surface area contributed by atoms with Gasteiger partial charge in [0.15, 0.2) is 0 Å². The Morgan fingerprint density at radius 1 is 1.23 bits per heavy atom. The number of primary sulfonamides is 1. The molecule has 0 aliphatic carbocycles. The minimum atomic E-state index is -3.81. The minimum Gasteiger partial charge on any atom is -0.497 e. The molecule has 0 radical (unpaired) electrons. The number of carbonyl (C=O) groups is 1. The summed E-state index contributed by atoms with van der Waals surface area (Å²) in [7, 11) is -0.563. The molecule has 164 valence electrons. The van der Waals surface area contributed by atoms with Crippen molar-refractivity contribution >= 4 is 15.9 Å². The molecule has 0 spiro atoms. The number of amides is 1. The smallest absolute Gasteiger partial charge is 0.238 e. The summed E-state index contributed by atoms with van der Waals surface area (Å²) < 4.78 is 33.5. The van der Waals surface area contributed by atoms with Crippen LogP contribution in [0.15, 0.2) is 57.9 Å². The lowest BCUT2D eigenvalue weighted by Gasteiger charge is -2.25. The summed E-state index contributed by atoms with van der Waals surface area (Å²) in [6.07, 6.45) is 0.455. The van der Waals surface area contributed by atoms with Crippen LogP contribution in [0.2, 0.25) is 0 Å². The van der Waals surface area contributed by atoms with Crippen molar-refractivity contribution in [1.29, 1.82) is 0 Å². The molecule has 1 amide bonds. The number of hydrogen-bond donors (Lipinski definition) is 1. The number of methoxy groups -OCH3 is 1. The number of ether oxygens (including phenoxy) is 1. The van der Waals surface area contributed by atoms with Gasteiger partial charge < -0.3 is 14.2 Å².